The predicted molar refractivity (Wildman–Crippen MR) is 78.9 cm³/mol. The Kier molecular flexibility index (Phi) is 3.45. The van der Waals surface area contributed by atoms with Crippen LogP contribution >= 0.6 is 11.6 Å². The third-order valence-corrected chi connectivity index (χ3v) is 3.95. The molecule has 0 bridgehead atoms. The largest absolute Gasteiger partial charge is 0.334 e. The summed E-state index contributed by atoms with van der Waals surface area (Å²) in [6, 6.07) is 9.97. The molecular formula is C16H15ClN2O. The van der Waals surface area contributed by atoms with Gasteiger partial charge >= 0.3 is 0 Å². The second-order valence-corrected chi connectivity index (χ2v) is 5.46. The minimum Gasteiger partial charge on any atom is -0.334 e. The topological polar surface area (TPSA) is 33.2 Å². The second kappa shape index (κ2) is 5.25. The van der Waals surface area contributed by atoms with Gasteiger partial charge in [-0.2, -0.15) is 0 Å². The molecule has 0 unspecified atom stereocenters. The Morgan fingerprint density at radius 3 is 2.80 bits per heavy atom. The van der Waals surface area contributed by atoms with Crippen LogP contribution in [0.1, 0.15) is 27.2 Å². The molecule has 3 nitrogen and oxygen atoms in total. The molecule has 0 radical (unpaired) electrons. The van der Waals surface area contributed by atoms with E-state index >= 15 is 0 Å². The maximum Gasteiger partial charge on any atom is 0.257 e. The van der Waals surface area contributed by atoms with E-state index < -0.39 is 0 Å². The minimum atomic E-state index is -0.0444. The van der Waals surface area contributed by atoms with E-state index in [4.69, 9.17) is 11.6 Å². The Morgan fingerprint density at radius 1 is 1.30 bits per heavy atom. The molecule has 3 rings (SSSR count). The Labute approximate surface area is 123 Å². The van der Waals surface area contributed by atoms with Crippen molar-refractivity contribution in [3.63, 3.8) is 0 Å². The monoisotopic (exact) mass is 286 g/mol. The number of benzene rings is 1. The molecule has 1 aromatic heterocycles. The first kappa shape index (κ1) is 13.1. The van der Waals surface area contributed by atoms with Crippen LogP contribution in [-0.4, -0.2) is 22.3 Å². The number of amides is 1. The van der Waals surface area contributed by atoms with Gasteiger partial charge in [-0.15, -0.1) is 0 Å². The lowest BCUT2D eigenvalue weighted by atomic mass is 9.99. The number of fused-ring (bicyclic) bond motifs is 1. The van der Waals surface area contributed by atoms with E-state index in [-0.39, 0.29) is 5.91 Å². The molecule has 0 spiro atoms. The van der Waals surface area contributed by atoms with Crippen molar-refractivity contribution < 1.29 is 4.79 Å². The van der Waals surface area contributed by atoms with E-state index in [0.717, 1.165) is 18.7 Å². The molecule has 4 heteroatoms. The molecule has 0 saturated carbocycles. The number of rotatable bonds is 1. The zero-order valence-electron chi connectivity index (χ0n) is 11.3. The van der Waals surface area contributed by atoms with Crippen LogP contribution in [0.25, 0.3) is 0 Å². The Bertz CT molecular complexity index is 669. The molecule has 0 N–H and O–H groups in total. The fraction of sp³-hybridized carbons (Fsp3) is 0.250. The van der Waals surface area contributed by atoms with Crippen LogP contribution in [0.4, 0.5) is 0 Å². The van der Waals surface area contributed by atoms with Gasteiger partial charge in [0.05, 0.1) is 10.6 Å². The van der Waals surface area contributed by atoms with Crippen LogP contribution in [0.2, 0.25) is 5.02 Å². The Morgan fingerprint density at radius 2 is 2.05 bits per heavy atom. The smallest absolute Gasteiger partial charge is 0.257 e. The third-order valence-electron chi connectivity index (χ3n) is 3.64. The summed E-state index contributed by atoms with van der Waals surface area (Å²) < 4.78 is 0. The fourth-order valence-corrected chi connectivity index (χ4v) is 2.81. The van der Waals surface area contributed by atoms with Gasteiger partial charge in [0.25, 0.3) is 5.91 Å². The Hall–Kier alpha value is -1.87. The van der Waals surface area contributed by atoms with Gasteiger partial charge < -0.3 is 4.90 Å². The van der Waals surface area contributed by atoms with Gasteiger partial charge in [-0.05, 0) is 30.5 Å². The van der Waals surface area contributed by atoms with Gasteiger partial charge in [0.2, 0.25) is 0 Å². The predicted octanol–water partition coefficient (Wildman–Crippen LogP) is 3.24. The van der Waals surface area contributed by atoms with Crippen molar-refractivity contribution >= 4 is 17.5 Å². The first-order valence-corrected chi connectivity index (χ1v) is 7.01. The highest BCUT2D eigenvalue weighted by molar-refractivity contribution is 6.33. The summed E-state index contributed by atoms with van der Waals surface area (Å²) in [6.45, 7) is 3.22. The molecule has 2 heterocycles. The molecule has 0 aliphatic carbocycles. The highest BCUT2D eigenvalue weighted by Crippen LogP contribution is 2.23. The maximum atomic E-state index is 12.5. The van der Waals surface area contributed by atoms with Crippen LogP contribution in [-0.2, 0) is 13.0 Å². The minimum absolute atomic E-state index is 0.0444. The summed E-state index contributed by atoms with van der Waals surface area (Å²) in [5.74, 6) is -0.0444. The van der Waals surface area contributed by atoms with Crippen LogP contribution < -0.4 is 0 Å². The first-order chi connectivity index (χ1) is 9.65. The number of pyridine rings is 1. The van der Waals surface area contributed by atoms with Crippen molar-refractivity contribution in [1.82, 2.24) is 9.88 Å². The highest BCUT2D eigenvalue weighted by Gasteiger charge is 2.23. The third kappa shape index (κ3) is 2.41. The van der Waals surface area contributed by atoms with Gasteiger partial charge in [0.15, 0.2) is 0 Å². The molecule has 1 aliphatic rings. The van der Waals surface area contributed by atoms with Crippen LogP contribution in [0, 0.1) is 6.92 Å². The molecule has 20 heavy (non-hydrogen) atoms. The number of nitrogens with zero attached hydrogens (tertiary/aromatic N) is 2. The molecule has 1 amide bonds. The van der Waals surface area contributed by atoms with E-state index in [1.807, 2.05) is 24.0 Å². The normalized spacial score (nSPS) is 14.0. The number of aryl methyl sites for hydroxylation is 1. The molecule has 1 aromatic carbocycles. The van der Waals surface area contributed by atoms with E-state index in [2.05, 4.69) is 17.1 Å². The second-order valence-electron chi connectivity index (χ2n) is 5.05. The molecule has 2 aromatic rings. The average Bonchev–Trinajstić information content (AvgIpc) is 2.46. The summed E-state index contributed by atoms with van der Waals surface area (Å²) in [5.41, 5.74) is 3.83. The summed E-state index contributed by atoms with van der Waals surface area (Å²) >= 11 is 6.16. The van der Waals surface area contributed by atoms with Crippen LogP contribution in [0.3, 0.4) is 0 Å². The lowest BCUT2D eigenvalue weighted by Gasteiger charge is -2.29. The quantitative estimate of drug-likeness (QED) is 0.806. The van der Waals surface area contributed by atoms with E-state index in [1.165, 1.54) is 11.1 Å². The highest BCUT2D eigenvalue weighted by atomic mass is 35.5. The average molecular weight is 287 g/mol. The molecule has 0 saturated heterocycles. The van der Waals surface area contributed by atoms with Gasteiger partial charge in [-0.3, -0.25) is 9.78 Å². The van der Waals surface area contributed by atoms with E-state index in [0.29, 0.717) is 17.1 Å². The van der Waals surface area contributed by atoms with Gasteiger partial charge in [-0.25, -0.2) is 0 Å². The number of carbonyl (C=O) groups is 1. The van der Waals surface area contributed by atoms with E-state index in [9.17, 15) is 4.79 Å². The van der Waals surface area contributed by atoms with Gasteiger partial charge in [-0.1, -0.05) is 35.9 Å². The number of halogens is 1. The lowest BCUT2D eigenvalue weighted by molar-refractivity contribution is 0.0734. The van der Waals surface area contributed by atoms with Crippen molar-refractivity contribution in [2.24, 2.45) is 0 Å². The summed E-state index contributed by atoms with van der Waals surface area (Å²) in [7, 11) is 0. The zero-order valence-corrected chi connectivity index (χ0v) is 12.0. The maximum absolute atomic E-state index is 12.5. The molecule has 102 valence electrons. The molecule has 1 aliphatic heterocycles. The zero-order chi connectivity index (χ0) is 14.1. The van der Waals surface area contributed by atoms with E-state index in [1.54, 1.807) is 12.3 Å². The lowest BCUT2D eigenvalue weighted by Crippen LogP contribution is -2.36. The number of carbonyl (C=O) groups excluding carboxylic acids is 1. The molecular weight excluding hydrogens is 272 g/mol. The van der Waals surface area contributed by atoms with Crippen LogP contribution in [0.15, 0.2) is 36.5 Å². The standard InChI is InChI=1S/C16H15ClN2O/c1-11-8-15(17)14(9-18-11)16(20)19-7-6-12-4-2-3-5-13(12)10-19/h2-5,8-9H,6-7,10H2,1H3. The summed E-state index contributed by atoms with van der Waals surface area (Å²) in [6.07, 6.45) is 2.46. The SMILES string of the molecule is Cc1cc(Cl)c(C(=O)N2CCc3ccccc3C2)cn1. The number of hydrogen-bond acceptors (Lipinski definition) is 2. The number of aromatic nitrogens is 1. The van der Waals surface area contributed by atoms with Crippen molar-refractivity contribution in [2.45, 2.75) is 19.9 Å². The molecule has 0 atom stereocenters. The van der Waals surface area contributed by atoms with Crippen LogP contribution in [0.5, 0.6) is 0 Å². The first-order valence-electron chi connectivity index (χ1n) is 6.63. The van der Waals surface area contributed by atoms with Crippen molar-refractivity contribution in [3.05, 3.63) is 63.9 Å². The summed E-state index contributed by atoms with van der Waals surface area (Å²) in [4.78, 5) is 18.5. The van der Waals surface area contributed by atoms with Crippen molar-refractivity contribution in [3.8, 4) is 0 Å². The van der Waals surface area contributed by atoms with Gasteiger partial charge in [0, 0.05) is 25.0 Å². The summed E-state index contributed by atoms with van der Waals surface area (Å²) in [5, 5.41) is 0.473. The van der Waals surface area contributed by atoms with Gasteiger partial charge in [0.1, 0.15) is 0 Å². The molecule has 0 fully saturated rings. The fourth-order valence-electron chi connectivity index (χ4n) is 2.52. The van der Waals surface area contributed by atoms with Crippen molar-refractivity contribution in [2.75, 3.05) is 6.54 Å². The number of hydrogen-bond donors (Lipinski definition) is 0. The Balaban J connectivity index is 1.86. The van der Waals surface area contributed by atoms with Crippen molar-refractivity contribution in [1.29, 1.82) is 0 Å².